The van der Waals surface area contributed by atoms with Crippen LogP contribution in [-0.2, 0) is 0 Å². The van der Waals surface area contributed by atoms with E-state index < -0.39 is 0 Å². The van der Waals surface area contributed by atoms with Crippen LogP contribution in [0.5, 0.6) is 0 Å². The summed E-state index contributed by atoms with van der Waals surface area (Å²) in [5, 5.41) is 1.49. The van der Waals surface area contributed by atoms with Crippen LogP contribution < -0.4 is 11.5 Å². The van der Waals surface area contributed by atoms with E-state index in [-0.39, 0.29) is 12.0 Å². The summed E-state index contributed by atoms with van der Waals surface area (Å²) < 4.78 is 0. The predicted octanol–water partition coefficient (Wildman–Crippen LogP) is 1.89. The SMILES string of the molecule is CC(N)c1nc(N)nc2ccc(Cl)cc12. The second kappa shape index (κ2) is 3.64. The molecule has 0 bridgehead atoms. The number of anilines is 1. The van der Waals surface area contributed by atoms with E-state index in [1.54, 1.807) is 12.1 Å². The van der Waals surface area contributed by atoms with Crippen LogP contribution in [0.25, 0.3) is 10.9 Å². The number of nitrogens with zero attached hydrogens (tertiary/aromatic N) is 2. The summed E-state index contributed by atoms with van der Waals surface area (Å²) >= 11 is 5.91. The van der Waals surface area contributed by atoms with E-state index >= 15 is 0 Å². The Morgan fingerprint density at radius 2 is 2.07 bits per heavy atom. The van der Waals surface area contributed by atoms with Gasteiger partial charge in [-0.05, 0) is 25.1 Å². The summed E-state index contributed by atoms with van der Waals surface area (Å²) in [4.78, 5) is 8.24. The number of fused-ring (bicyclic) bond motifs is 1. The van der Waals surface area contributed by atoms with Crippen molar-refractivity contribution in [3.63, 3.8) is 0 Å². The van der Waals surface area contributed by atoms with Gasteiger partial charge < -0.3 is 11.5 Å². The number of benzene rings is 1. The maximum atomic E-state index is 5.91. The molecule has 0 saturated carbocycles. The Hall–Kier alpha value is -1.39. The van der Waals surface area contributed by atoms with E-state index in [2.05, 4.69) is 9.97 Å². The molecule has 0 aliphatic rings. The van der Waals surface area contributed by atoms with Crippen molar-refractivity contribution >= 4 is 28.5 Å². The fourth-order valence-electron chi connectivity index (χ4n) is 1.49. The fraction of sp³-hybridized carbons (Fsp3) is 0.200. The third kappa shape index (κ3) is 1.86. The maximum absolute atomic E-state index is 5.91. The number of rotatable bonds is 1. The molecule has 1 heterocycles. The first kappa shape index (κ1) is 10.1. The van der Waals surface area contributed by atoms with Gasteiger partial charge in [-0.1, -0.05) is 11.6 Å². The molecule has 2 aromatic rings. The largest absolute Gasteiger partial charge is 0.368 e. The van der Waals surface area contributed by atoms with Crippen LogP contribution in [0.3, 0.4) is 0 Å². The molecule has 1 unspecified atom stereocenters. The summed E-state index contributed by atoms with van der Waals surface area (Å²) in [5.74, 6) is 0.233. The molecule has 2 rings (SSSR count). The van der Waals surface area contributed by atoms with Gasteiger partial charge in [0, 0.05) is 16.5 Å². The molecule has 4 N–H and O–H groups in total. The predicted molar refractivity (Wildman–Crippen MR) is 61.6 cm³/mol. The first-order chi connectivity index (χ1) is 7.08. The molecule has 1 aromatic carbocycles. The Bertz CT molecular complexity index is 510. The van der Waals surface area contributed by atoms with Gasteiger partial charge in [-0.3, -0.25) is 0 Å². The molecule has 0 fully saturated rings. The average Bonchev–Trinajstić information content (AvgIpc) is 2.17. The second-order valence-corrected chi connectivity index (χ2v) is 3.85. The van der Waals surface area contributed by atoms with Gasteiger partial charge in [-0.2, -0.15) is 0 Å². The van der Waals surface area contributed by atoms with Gasteiger partial charge in [0.2, 0.25) is 5.95 Å². The molecule has 5 heteroatoms. The quantitative estimate of drug-likeness (QED) is 0.773. The molecule has 0 amide bonds. The first-order valence-corrected chi connectivity index (χ1v) is 4.94. The first-order valence-electron chi connectivity index (χ1n) is 4.56. The van der Waals surface area contributed by atoms with E-state index in [0.29, 0.717) is 5.02 Å². The van der Waals surface area contributed by atoms with E-state index in [4.69, 9.17) is 23.1 Å². The van der Waals surface area contributed by atoms with Crippen LogP contribution in [-0.4, -0.2) is 9.97 Å². The minimum Gasteiger partial charge on any atom is -0.368 e. The Kier molecular flexibility index (Phi) is 2.46. The third-order valence-corrected chi connectivity index (χ3v) is 2.37. The number of aromatic nitrogens is 2. The minimum atomic E-state index is -0.198. The van der Waals surface area contributed by atoms with Crippen LogP contribution in [0.4, 0.5) is 5.95 Å². The molecule has 0 radical (unpaired) electrons. The van der Waals surface area contributed by atoms with Crippen molar-refractivity contribution in [1.29, 1.82) is 0 Å². The number of hydrogen-bond acceptors (Lipinski definition) is 4. The van der Waals surface area contributed by atoms with Crippen molar-refractivity contribution in [3.05, 3.63) is 28.9 Å². The zero-order chi connectivity index (χ0) is 11.0. The van der Waals surface area contributed by atoms with Crippen LogP contribution >= 0.6 is 11.6 Å². The lowest BCUT2D eigenvalue weighted by Gasteiger charge is -2.09. The van der Waals surface area contributed by atoms with Crippen LogP contribution in [0, 0.1) is 0 Å². The van der Waals surface area contributed by atoms with Crippen molar-refractivity contribution < 1.29 is 0 Å². The number of nitrogens with two attached hydrogens (primary N) is 2. The zero-order valence-corrected chi connectivity index (χ0v) is 8.99. The van der Waals surface area contributed by atoms with Gasteiger partial charge in [-0.25, -0.2) is 9.97 Å². The number of halogens is 1. The topological polar surface area (TPSA) is 77.8 Å². The van der Waals surface area contributed by atoms with Crippen molar-refractivity contribution in [1.82, 2.24) is 9.97 Å². The van der Waals surface area contributed by atoms with Crippen LogP contribution in [0.15, 0.2) is 18.2 Å². The molecule has 1 aromatic heterocycles. The number of hydrogen-bond donors (Lipinski definition) is 2. The van der Waals surface area contributed by atoms with E-state index in [0.717, 1.165) is 16.6 Å². The second-order valence-electron chi connectivity index (χ2n) is 3.42. The van der Waals surface area contributed by atoms with Gasteiger partial charge in [0.25, 0.3) is 0 Å². The molecule has 78 valence electrons. The van der Waals surface area contributed by atoms with Gasteiger partial charge in [0.1, 0.15) is 0 Å². The fourth-order valence-corrected chi connectivity index (χ4v) is 1.66. The van der Waals surface area contributed by atoms with Crippen molar-refractivity contribution in [2.24, 2.45) is 5.73 Å². The summed E-state index contributed by atoms with van der Waals surface area (Å²) in [7, 11) is 0. The average molecular weight is 223 g/mol. The lowest BCUT2D eigenvalue weighted by molar-refractivity contribution is 0.789. The maximum Gasteiger partial charge on any atom is 0.220 e. The van der Waals surface area contributed by atoms with Gasteiger partial charge in [-0.15, -0.1) is 0 Å². The number of nitrogen functional groups attached to an aromatic ring is 1. The van der Waals surface area contributed by atoms with E-state index in [1.165, 1.54) is 0 Å². The highest BCUT2D eigenvalue weighted by Crippen LogP contribution is 2.24. The Morgan fingerprint density at radius 1 is 1.33 bits per heavy atom. The Morgan fingerprint density at radius 3 is 2.73 bits per heavy atom. The Balaban J connectivity index is 2.81. The van der Waals surface area contributed by atoms with Gasteiger partial charge in [0.05, 0.1) is 11.2 Å². The van der Waals surface area contributed by atoms with Gasteiger partial charge in [0.15, 0.2) is 0 Å². The summed E-state index contributed by atoms with van der Waals surface area (Å²) in [5.41, 5.74) is 12.9. The summed E-state index contributed by atoms with van der Waals surface area (Å²) in [6.07, 6.45) is 0. The molecule has 0 saturated heterocycles. The molecular formula is C10H11ClN4. The molecule has 0 spiro atoms. The summed E-state index contributed by atoms with van der Waals surface area (Å²) in [6.45, 7) is 1.85. The van der Waals surface area contributed by atoms with Crippen LogP contribution in [0.2, 0.25) is 5.02 Å². The lowest BCUT2D eigenvalue weighted by atomic mass is 10.1. The van der Waals surface area contributed by atoms with E-state index in [1.807, 2.05) is 13.0 Å². The normalized spacial score (nSPS) is 13.0. The molecule has 1 atom stereocenters. The van der Waals surface area contributed by atoms with Crippen molar-refractivity contribution in [3.8, 4) is 0 Å². The highest BCUT2D eigenvalue weighted by atomic mass is 35.5. The Labute approximate surface area is 92.3 Å². The third-order valence-electron chi connectivity index (χ3n) is 2.14. The highest BCUT2D eigenvalue weighted by Gasteiger charge is 2.10. The summed E-state index contributed by atoms with van der Waals surface area (Å²) in [6, 6.07) is 5.18. The highest BCUT2D eigenvalue weighted by molar-refractivity contribution is 6.31. The van der Waals surface area contributed by atoms with Gasteiger partial charge >= 0.3 is 0 Å². The molecule has 0 aliphatic carbocycles. The standard InChI is InChI=1S/C10H11ClN4/c1-5(12)9-7-4-6(11)2-3-8(7)14-10(13)15-9/h2-5H,12H2,1H3,(H2,13,14,15). The molecule has 15 heavy (non-hydrogen) atoms. The molecular weight excluding hydrogens is 212 g/mol. The van der Waals surface area contributed by atoms with Crippen LogP contribution in [0.1, 0.15) is 18.7 Å². The van der Waals surface area contributed by atoms with Crippen molar-refractivity contribution in [2.75, 3.05) is 5.73 Å². The molecule has 4 nitrogen and oxygen atoms in total. The zero-order valence-electron chi connectivity index (χ0n) is 8.24. The minimum absolute atomic E-state index is 0.198. The lowest BCUT2D eigenvalue weighted by Crippen LogP contribution is -2.10. The smallest absolute Gasteiger partial charge is 0.220 e. The van der Waals surface area contributed by atoms with Crippen molar-refractivity contribution in [2.45, 2.75) is 13.0 Å². The molecule has 0 aliphatic heterocycles. The monoisotopic (exact) mass is 222 g/mol. The van der Waals surface area contributed by atoms with E-state index in [9.17, 15) is 0 Å².